The molecule has 2 aliphatic carbocycles. The maximum absolute atomic E-state index is 9.12. The number of piperazine rings is 1. The number of hydrogen-bond acceptors (Lipinski definition) is 5. The minimum absolute atomic E-state index is 0.0436. The predicted molar refractivity (Wildman–Crippen MR) is 107 cm³/mol. The Morgan fingerprint density at radius 1 is 1.27 bits per heavy atom. The molecular formula is C21H24N4S. The Bertz CT molecular complexity index is 800. The summed E-state index contributed by atoms with van der Waals surface area (Å²) < 4.78 is 0. The normalized spacial score (nSPS) is 33.0. The van der Waals surface area contributed by atoms with Crippen LogP contribution in [0.4, 0.5) is 0 Å². The van der Waals surface area contributed by atoms with Crippen LogP contribution in [-0.4, -0.2) is 54.0 Å². The monoisotopic (exact) mass is 364 g/mol. The summed E-state index contributed by atoms with van der Waals surface area (Å²) in [4.78, 5) is 10.1. The number of nitriles is 1. The standard InChI is InChI=1S/C21H24N4S/c22-7-5-16-1-4-20-21(13-16)15-26-14-18(21)19(6-8-23-20)25-11-9-24(10-12-25)17-2-3-17/h4-6,8,14,17H,1-3,9-13,15H2. The maximum Gasteiger partial charge on any atom is 0.0911 e. The highest BCUT2D eigenvalue weighted by atomic mass is 32.2. The summed E-state index contributed by atoms with van der Waals surface area (Å²) in [5.74, 6) is 1.04. The van der Waals surface area contributed by atoms with Crippen LogP contribution in [0.2, 0.25) is 0 Å². The van der Waals surface area contributed by atoms with Gasteiger partial charge in [0, 0.05) is 61.7 Å². The van der Waals surface area contributed by atoms with Gasteiger partial charge in [-0.1, -0.05) is 11.6 Å². The molecule has 0 radical (unpaired) electrons. The molecule has 0 amide bonds. The van der Waals surface area contributed by atoms with Gasteiger partial charge in [-0.3, -0.25) is 9.89 Å². The van der Waals surface area contributed by atoms with Crippen molar-refractivity contribution in [2.45, 2.75) is 31.7 Å². The van der Waals surface area contributed by atoms with Gasteiger partial charge >= 0.3 is 0 Å². The average molecular weight is 365 g/mol. The van der Waals surface area contributed by atoms with Gasteiger partial charge in [0.05, 0.1) is 11.5 Å². The van der Waals surface area contributed by atoms with Crippen LogP contribution in [0.25, 0.3) is 0 Å². The average Bonchev–Trinajstić information content (AvgIpc) is 3.46. The van der Waals surface area contributed by atoms with Crippen molar-refractivity contribution in [1.82, 2.24) is 9.80 Å². The van der Waals surface area contributed by atoms with Crippen LogP contribution in [0, 0.1) is 16.7 Å². The fourth-order valence-electron chi connectivity index (χ4n) is 4.79. The van der Waals surface area contributed by atoms with Gasteiger partial charge in [0.15, 0.2) is 0 Å². The van der Waals surface area contributed by atoms with E-state index in [2.05, 4.69) is 33.4 Å². The van der Waals surface area contributed by atoms with Crippen molar-refractivity contribution in [2.75, 3.05) is 31.9 Å². The van der Waals surface area contributed by atoms with Crippen molar-refractivity contribution in [3.8, 4) is 6.07 Å². The number of allylic oxidation sites excluding steroid dienone is 6. The van der Waals surface area contributed by atoms with E-state index in [1.165, 1.54) is 48.5 Å². The van der Waals surface area contributed by atoms with Gasteiger partial charge in [-0.05, 0) is 42.7 Å². The molecule has 5 heteroatoms. The molecule has 5 aliphatic rings. The summed E-state index contributed by atoms with van der Waals surface area (Å²) in [6.45, 7) is 4.56. The van der Waals surface area contributed by atoms with E-state index in [0.29, 0.717) is 0 Å². The first kappa shape index (κ1) is 16.4. The van der Waals surface area contributed by atoms with Gasteiger partial charge in [0.2, 0.25) is 0 Å². The zero-order chi connectivity index (χ0) is 17.6. The second-order valence-corrected chi connectivity index (χ2v) is 8.77. The minimum atomic E-state index is -0.0436. The molecule has 0 aromatic carbocycles. The van der Waals surface area contributed by atoms with E-state index >= 15 is 0 Å². The van der Waals surface area contributed by atoms with E-state index in [0.717, 1.165) is 37.7 Å². The van der Waals surface area contributed by atoms with E-state index in [4.69, 9.17) is 10.3 Å². The molecule has 1 saturated heterocycles. The van der Waals surface area contributed by atoms with Crippen molar-refractivity contribution in [1.29, 1.82) is 5.26 Å². The Morgan fingerprint density at radius 3 is 2.88 bits per heavy atom. The van der Waals surface area contributed by atoms with Gasteiger partial charge in [-0.15, -0.1) is 11.8 Å². The van der Waals surface area contributed by atoms with Crippen LogP contribution in [-0.2, 0) is 0 Å². The van der Waals surface area contributed by atoms with Crippen LogP contribution in [0.3, 0.4) is 0 Å². The lowest BCUT2D eigenvalue weighted by molar-refractivity contribution is 0.152. The topological polar surface area (TPSA) is 42.6 Å². The fourth-order valence-corrected chi connectivity index (χ4v) is 6.08. The lowest BCUT2D eigenvalue weighted by atomic mass is 9.70. The zero-order valence-electron chi connectivity index (χ0n) is 15.0. The Balaban J connectivity index is 1.44. The molecular weight excluding hydrogens is 340 g/mol. The molecule has 4 nitrogen and oxygen atoms in total. The molecule has 0 N–H and O–H groups in total. The van der Waals surface area contributed by atoms with Crippen LogP contribution in [0.5, 0.6) is 0 Å². The summed E-state index contributed by atoms with van der Waals surface area (Å²) in [5, 5.41) is 11.5. The van der Waals surface area contributed by atoms with Gasteiger partial charge < -0.3 is 4.90 Å². The molecule has 3 heterocycles. The molecule has 1 spiro atoms. The highest BCUT2D eigenvalue weighted by Gasteiger charge is 2.47. The van der Waals surface area contributed by atoms with Gasteiger partial charge in [-0.2, -0.15) is 5.26 Å². The van der Waals surface area contributed by atoms with Crippen molar-refractivity contribution < 1.29 is 0 Å². The smallest absolute Gasteiger partial charge is 0.0911 e. The van der Waals surface area contributed by atoms with Crippen molar-refractivity contribution in [3.63, 3.8) is 0 Å². The number of hydrogen-bond donors (Lipinski definition) is 0. The third-order valence-corrected chi connectivity index (χ3v) is 7.39. The molecule has 1 atom stereocenters. The molecule has 26 heavy (non-hydrogen) atoms. The van der Waals surface area contributed by atoms with Crippen LogP contribution in [0.1, 0.15) is 25.7 Å². The lowest BCUT2D eigenvalue weighted by Gasteiger charge is -2.42. The van der Waals surface area contributed by atoms with Gasteiger partial charge in [-0.25, -0.2) is 0 Å². The summed E-state index contributed by atoms with van der Waals surface area (Å²) in [5.41, 5.74) is 5.18. The quantitative estimate of drug-likeness (QED) is 0.704. The second-order valence-electron chi connectivity index (χ2n) is 7.91. The van der Waals surface area contributed by atoms with E-state index in [1.807, 2.05) is 18.0 Å². The summed E-state index contributed by atoms with van der Waals surface area (Å²) >= 11 is 1.90. The first-order valence-electron chi connectivity index (χ1n) is 9.64. The summed E-state index contributed by atoms with van der Waals surface area (Å²) in [7, 11) is 0. The number of aliphatic imine (C=N–C) groups is 1. The van der Waals surface area contributed by atoms with Gasteiger partial charge in [0.1, 0.15) is 0 Å². The van der Waals surface area contributed by atoms with Crippen LogP contribution in [0.15, 0.2) is 51.2 Å². The molecule has 5 rings (SSSR count). The first-order valence-corrected chi connectivity index (χ1v) is 10.7. The summed E-state index contributed by atoms with van der Waals surface area (Å²) in [6, 6.07) is 3.10. The van der Waals surface area contributed by atoms with Crippen LogP contribution >= 0.6 is 11.8 Å². The Hall–Kier alpha value is -1.77. The van der Waals surface area contributed by atoms with Crippen molar-refractivity contribution in [3.05, 3.63) is 46.2 Å². The van der Waals surface area contributed by atoms with Crippen molar-refractivity contribution >= 4 is 18.0 Å². The maximum atomic E-state index is 9.12. The largest absolute Gasteiger partial charge is 0.369 e. The van der Waals surface area contributed by atoms with E-state index < -0.39 is 0 Å². The van der Waals surface area contributed by atoms with Crippen molar-refractivity contribution in [2.24, 2.45) is 10.4 Å². The Labute approximate surface area is 159 Å². The molecule has 1 saturated carbocycles. The SMILES string of the molecule is N#CC=C1CC=C2N=CC=C(N3CCN(C4CC4)CC3)C3=CSCC23C1. The minimum Gasteiger partial charge on any atom is -0.369 e. The number of thioether (sulfide) groups is 1. The predicted octanol–water partition coefficient (Wildman–Crippen LogP) is 3.48. The summed E-state index contributed by atoms with van der Waals surface area (Å²) in [6.07, 6.45) is 12.8. The number of nitrogens with zero attached hydrogens (tertiary/aromatic N) is 4. The molecule has 3 aliphatic heterocycles. The molecule has 1 unspecified atom stereocenters. The molecule has 2 fully saturated rings. The molecule has 0 bridgehead atoms. The molecule has 0 aromatic heterocycles. The molecule has 134 valence electrons. The second kappa shape index (κ2) is 6.44. The first-order chi connectivity index (χ1) is 12.8. The van der Waals surface area contributed by atoms with Crippen LogP contribution < -0.4 is 0 Å². The Kier molecular flexibility index (Phi) is 4.06. The van der Waals surface area contributed by atoms with Gasteiger partial charge in [0.25, 0.3) is 0 Å². The van der Waals surface area contributed by atoms with E-state index in [1.54, 1.807) is 6.08 Å². The highest BCUT2D eigenvalue weighted by Crippen LogP contribution is 2.56. The molecule has 0 aromatic rings. The third-order valence-electron chi connectivity index (χ3n) is 6.33. The zero-order valence-corrected chi connectivity index (χ0v) is 15.8. The number of rotatable bonds is 2. The van der Waals surface area contributed by atoms with E-state index in [-0.39, 0.29) is 5.41 Å². The lowest BCUT2D eigenvalue weighted by Crippen LogP contribution is -2.47. The van der Waals surface area contributed by atoms with E-state index in [9.17, 15) is 0 Å². The Morgan fingerprint density at radius 2 is 2.12 bits per heavy atom. The highest BCUT2D eigenvalue weighted by molar-refractivity contribution is 8.02. The third kappa shape index (κ3) is 2.67. The fraction of sp³-hybridized carbons (Fsp3) is 0.524.